The van der Waals surface area contributed by atoms with Crippen LogP contribution in [0, 0.1) is 12.8 Å². The predicted octanol–water partition coefficient (Wildman–Crippen LogP) is 0.426. The molecule has 1 saturated heterocycles. The van der Waals surface area contributed by atoms with Crippen molar-refractivity contribution >= 4 is 5.91 Å². The third-order valence-corrected chi connectivity index (χ3v) is 3.11. The van der Waals surface area contributed by atoms with Gasteiger partial charge in [-0.1, -0.05) is 5.16 Å². The number of aryl methyl sites for hydroxylation is 1. The Bertz CT molecular complexity index is 385. The first kappa shape index (κ1) is 13.0. The number of amides is 1. The number of hydrogen-bond donors (Lipinski definition) is 2. The van der Waals surface area contributed by atoms with Crippen molar-refractivity contribution in [3.05, 3.63) is 11.7 Å². The molecule has 2 heterocycles. The van der Waals surface area contributed by atoms with Gasteiger partial charge in [-0.3, -0.25) is 4.79 Å². The highest BCUT2D eigenvalue weighted by Gasteiger charge is 2.16. The van der Waals surface area contributed by atoms with E-state index in [1.165, 1.54) is 6.42 Å². The van der Waals surface area contributed by atoms with Crippen LogP contribution in [0.25, 0.3) is 0 Å². The van der Waals surface area contributed by atoms with Crippen LogP contribution < -0.4 is 10.6 Å². The van der Waals surface area contributed by atoms with Crippen LogP contribution in [0.4, 0.5) is 0 Å². The summed E-state index contributed by atoms with van der Waals surface area (Å²) < 4.78 is 4.86. The standard InChI is InChI=1S/C12H20N4O2/c1-9-15-11(16-18-9)4-6-14-12(17)7-10-3-2-5-13-8-10/h10,13H,2-8H2,1H3,(H,14,17). The van der Waals surface area contributed by atoms with Gasteiger partial charge in [0.05, 0.1) is 0 Å². The molecule has 0 radical (unpaired) electrons. The fraction of sp³-hybridized carbons (Fsp3) is 0.750. The topological polar surface area (TPSA) is 80.0 Å². The molecular weight excluding hydrogens is 232 g/mol. The number of rotatable bonds is 5. The molecule has 1 aromatic rings. The molecule has 6 nitrogen and oxygen atoms in total. The fourth-order valence-corrected chi connectivity index (χ4v) is 2.19. The number of nitrogens with zero attached hydrogens (tertiary/aromatic N) is 2. The number of hydrogen-bond acceptors (Lipinski definition) is 5. The smallest absolute Gasteiger partial charge is 0.223 e. The van der Waals surface area contributed by atoms with Gasteiger partial charge in [-0.15, -0.1) is 0 Å². The van der Waals surface area contributed by atoms with E-state index < -0.39 is 0 Å². The quantitative estimate of drug-likeness (QED) is 0.794. The molecule has 2 N–H and O–H groups in total. The van der Waals surface area contributed by atoms with Gasteiger partial charge in [0.1, 0.15) is 0 Å². The van der Waals surface area contributed by atoms with Crippen molar-refractivity contribution in [1.82, 2.24) is 20.8 Å². The van der Waals surface area contributed by atoms with Crippen LogP contribution in [-0.2, 0) is 11.2 Å². The lowest BCUT2D eigenvalue weighted by molar-refractivity contribution is -0.122. The lowest BCUT2D eigenvalue weighted by Crippen LogP contribution is -2.34. The highest BCUT2D eigenvalue weighted by Crippen LogP contribution is 2.13. The molecule has 1 atom stereocenters. The molecule has 6 heteroatoms. The molecule has 1 aromatic heterocycles. The van der Waals surface area contributed by atoms with Gasteiger partial charge in [0.15, 0.2) is 5.82 Å². The number of carbonyl (C=O) groups excluding carboxylic acids is 1. The lowest BCUT2D eigenvalue weighted by Gasteiger charge is -2.21. The third-order valence-electron chi connectivity index (χ3n) is 3.11. The number of nitrogens with one attached hydrogen (secondary N) is 2. The Morgan fingerprint density at radius 3 is 3.17 bits per heavy atom. The molecule has 0 bridgehead atoms. The van der Waals surface area contributed by atoms with Crippen LogP contribution in [0.15, 0.2) is 4.52 Å². The maximum absolute atomic E-state index is 11.7. The summed E-state index contributed by atoms with van der Waals surface area (Å²) in [5, 5.41) is 9.99. The zero-order valence-corrected chi connectivity index (χ0v) is 10.7. The SMILES string of the molecule is Cc1nc(CCNC(=O)CC2CCCNC2)no1. The summed E-state index contributed by atoms with van der Waals surface area (Å²) in [5.41, 5.74) is 0. The summed E-state index contributed by atoms with van der Waals surface area (Å²) in [6, 6.07) is 0. The normalized spacial score (nSPS) is 19.7. The van der Waals surface area contributed by atoms with Gasteiger partial charge in [-0.05, 0) is 31.8 Å². The third kappa shape index (κ3) is 4.10. The summed E-state index contributed by atoms with van der Waals surface area (Å²) in [4.78, 5) is 15.8. The Kier molecular flexibility index (Phi) is 4.69. The molecule has 0 saturated carbocycles. The largest absolute Gasteiger partial charge is 0.356 e. The first-order chi connectivity index (χ1) is 8.74. The first-order valence-corrected chi connectivity index (χ1v) is 6.50. The van der Waals surface area contributed by atoms with E-state index in [2.05, 4.69) is 20.8 Å². The van der Waals surface area contributed by atoms with Gasteiger partial charge < -0.3 is 15.2 Å². The summed E-state index contributed by atoms with van der Waals surface area (Å²) in [6.07, 6.45) is 3.54. The summed E-state index contributed by atoms with van der Waals surface area (Å²) in [5.74, 6) is 1.80. The van der Waals surface area contributed by atoms with Crippen LogP contribution in [0.3, 0.4) is 0 Å². The van der Waals surface area contributed by atoms with Crippen molar-refractivity contribution < 1.29 is 9.32 Å². The maximum atomic E-state index is 11.7. The lowest BCUT2D eigenvalue weighted by atomic mass is 9.96. The Morgan fingerprint density at radius 2 is 2.50 bits per heavy atom. The molecule has 1 aliphatic rings. The van der Waals surface area contributed by atoms with Gasteiger partial charge in [-0.2, -0.15) is 4.98 Å². The van der Waals surface area contributed by atoms with E-state index in [1.54, 1.807) is 6.92 Å². The number of aromatic nitrogens is 2. The van der Waals surface area contributed by atoms with E-state index >= 15 is 0 Å². The molecule has 100 valence electrons. The minimum Gasteiger partial charge on any atom is -0.356 e. The zero-order valence-electron chi connectivity index (χ0n) is 10.7. The average molecular weight is 252 g/mol. The second-order valence-corrected chi connectivity index (χ2v) is 4.75. The minimum atomic E-state index is 0.115. The van der Waals surface area contributed by atoms with Crippen LogP contribution in [0.2, 0.25) is 0 Å². The predicted molar refractivity (Wildman–Crippen MR) is 66.0 cm³/mol. The van der Waals surface area contributed by atoms with Crippen LogP contribution >= 0.6 is 0 Å². The first-order valence-electron chi connectivity index (χ1n) is 6.50. The molecule has 0 spiro atoms. The second kappa shape index (κ2) is 6.49. The molecule has 0 aromatic carbocycles. The highest BCUT2D eigenvalue weighted by atomic mass is 16.5. The van der Waals surface area contributed by atoms with Crippen molar-refractivity contribution in [2.45, 2.75) is 32.6 Å². The Morgan fingerprint density at radius 1 is 1.61 bits per heavy atom. The molecule has 1 aliphatic heterocycles. The van der Waals surface area contributed by atoms with E-state index in [-0.39, 0.29) is 5.91 Å². The molecular formula is C12H20N4O2. The van der Waals surface area contributed by atoms with Gasteiger partial charge >= 0.3 is 0 Å². The Hall–Kier alpha value is -1.43. The average Bonchev–Trinajstić information content (AvgIpc) is 2.76. The Labute approximate surface area is 107 Å². The number of carbonyl (C=O) groups is 1. The van der Waals surface area contributed by atoms with Crippen LogP contribution in [-0.4, -0.2) is 35.7 Å². The van der Waals surface area contributed by atoms with Crippen LogP contribution in [0.1, 0.15) is 31.0 Å². The van der Waals surface area contributed by atoms with E-state index in [0.29, 0.717) is 37.0 Å². The monoisotopic (exact) mass is 252 g/mol. The van der Waals surface area contributed by atoms with Crippen molar-refractivity contribution in [3.8, 4) is 0 Å². The minimum absolute atomic E-state index is 0.115. The van der Waals surface area contributed by atoms with Gasteiger partial charge in [-0.25, -0.2) is 0 Å². The molecule has 1 fully saturated rings. The van der Waals surface area contributed by atoms with Crippen LogP contribution in [0.5, 0.6) is 0 Å². The second-order valence-electron chi connectivity index (χ2n) is 4.75. The van der Waals surface area contributed by atoms with E-state index in [0.717, 1.165) is 19.5 Å². The highest BCUT2D eigenvalue weighted by molar-refractivity contribution is 5.76. The molecule has 1 amide bonds. The van der Waals surface area contributed by atoms with E-state index in [9.17, 15) is 4.79 Å². The van der Waals surface area contributed by atoms with Gasteiger partial charge in [0.2, 0.25) is 11.8 Å². The van der Waals surface area contributed by atoms with Gasteiger partial charge in [0.25, 0.3) is 0 Å². The van der Waals surface area contributed by atoms with Crippen molar-refractivity contribution in [3.63, 3.8) is 0 Å². The summed E-state index contributed by atoms with van der Waals surface area (Å²) in [6.45, 7) is 4.36. The zero-order chi connectivity index (χ0) is 12.8. The fourth-order valence-electron chi connectivity index (χ4n) is 2.19. The molecule has 1 unspecified atom stereocenters. The molecule has 2 rings (SSSR count). The molecule has 18 heavy (non-hydrogen) atoms. The van der Waals surface area contributed by atoms with Crippen molar-refractivity contribution in [1.29, 1.82) is 0 Å². The maximum Gasteiger partial charge on any atom is 0.223 e. The molecule has 0 aliphatic carbocycles. The summed E-state index contributed by atoms with van der Waals surface area (Å²) in [7, 11) is 0. The number of piperidine rings is 1. The van der Waals surface area contributed by atoms with Gasteiger partial charge in [0, 0.05) is 26.3 Å². The van der Waals surface area contributed by atoms with E-state index in [4.69, 9.17) is 4.52 Å². The van der Waals surface area contributed by atoms with Crippen molar-refractivity contribution in [2.75, 3.05) is 19.6 Å². The summed E-state index contributed by atoms with van der Waals surface area (Å²) >= 11 is 0. The van der Waals surface area contributed by atoms with Crippen molar-refractivity contribution in [2.24, 2.45) is 5.92 Å². The van der Waals surface area contributed by atoms with E-state index in [1.807, 2.05) is 0 Å². The Balaban J connectivity index is 1.62.